The second kappa shape index (κ2) is 8.88. The molecule has 3 aromatic carbocycles. The van der Waals surface area contributed by atoms with Crippen molar-refractivity contribution in [3.8, 4) is 11.1 Å². The number of thioether (sulfide) groups is 1. The first kappa shape index (κ1) is 18.5. The van der Waals surface area contributed by atoms with E-state index in [2.05, 4.69) is 5.32 Å². The molecule has 0 unspecified atom stereocenters. The van der Waals surface area contributed by atoms with Gasteiger partial charge in [-0.05, 0) is 23.8 Å². The summed E-state index contributed by atoms with van der Waals surface area (Å²) in [4.78, 5) is 12.3. The van der Waals surface area contributed by atoms with E-state index in [0.29, 0.717) is 16.3 Å². The molecule has 0 heterocycles. The highest BCUT2D eigenvalue weighted by Gasteiger charge is 2.11. The Morgan fingerprint density at radius 3 is 2.46 bits per heavy atom. The first-order valence-electron chi connectivity index (χ1n) is 8.10. The monoisotopic (exact) mass is 385 g/mol. The van der Waals surface area contributed by atoms with E-state index in [-0.39, 0.29) is 17.5 Å². The Labute approximate surface area is 161 Å². The number of carbonyl (C=O) groups is 1. The van der Waals surface area contributed by atoms with Crippen LogP contribution in [-0.4, -0.2) is 11.7 Å². The lowest BCUT2D eigenvalue weighted by Crippen LogP contribution is -2.15. The summed E-state index contributed by atoms with van der Waals surface area (Å²) in [5.41, 5.74) is 3.18. The molecule has 3 rings (SSSR count). The predicted octanol–water partition coefficient (Wildman–Crippen LogP) is 6.02. The van der Waals surface area contributed by atoms with E-state index in [1.54, 1.807) is 12.1 Å². The molecule has 2 nitrogen and oxygen atoms in total. The molecule has 0 bridgehead atoms. The average molecular weight is 386 g/mol. The zero-order chi connectivity index (χ0) is 18.4. The SMILES string of the molecule is O=C(CSCc1c(F)cccc1Cl)Nc1ccccc1-c1ccccc1. The molecule has 0 aromatic heterocycles. The number of benzene rings is 3. The van der Waals surface area contributed by atoms with Gasteiger partial charge < -0.3 is 5.32 Å². The minimum absolute atomic E-state index is 0.133. The Bertz CT molecular complexity index is 881. The highest BCUT2D eigenvalue weighted by Crippen LogP contribution is 2.28. The Balaban J connectivity index is 1.63. The third kappa shape index (κ3) is 4.65. The number of carbonyl (C=O) groups excluding carboxylic acids is 1. The molecule has 0 fully saturated rings. The topological polar surface area (TPSA) is 29.1 Å². The van der Waals surface area contributed by atoms with Crippen molar-refractivity contribution in [1.82, 2.24) is 0 Å². The fourth-order valence-corrected chi connectivity index (χ4v) is 3.73. The predicted molar refractivity (Wildman–Crippen MR) is 108 cm³/mol. The van der Waals surface area contributed by atoms with Crippen LogP contribution in [-0.2, 0) is 10.5 Å². The number of rotatable bonds is 6. The summed E-state index contributed by atoms with van der Waals surface area (Å²) in [5, 5.41) is 3.32. The molecule has 5 heteroatoms. The van der Waals surface area contributed by atoms with E-state index in [1.165, 1.54) is 17.8 Å². The largest absolute Gasteiger partial charge is 0.325 e. The van der Waals surface area contributed by atoms with E-state index in [9.17, 15) is 9.18 Å². The van der Waals surface area contributed by atoms with Crippen molar-refractivity contribution >= 4 is 35.0 Å². The van der Waals surface area contributed by atoms with Gasteiger partial charge in [-0.1, -0.05) is 66.2 Å². The molecule has 1 N–H and O–H groups in total. The Hall–Kier alpha value is -2.30. The fourth-order valence-electron chi connectivity index (χ4n) is 2.56. The van der Waals surface area contributed by atoms with Crippen LogP contribution >= 0.6 is 23.4 Å². The lowest BCUT2D eigenvalue weighted by Gasteiger charge is -2.11. The number of hydrogen-bond donors (Lipinski definition) is 1. The van der Waals surface area contributed by atoms with Gasteiger partial charge in [-0.15, -0.1) is 11.8 Å². The third-order valence-electron chi connectivity index (χ3n) is 3.83. The van der Waals surface area contributed by atoms with Gasteiger partial charge in [0.2, 0.25) is 5.91 Å². The van der Waals surface area contributed by atoms with Crippen LogP contribution in [0.1, 0.15) is 5.56 Å². The van der Waals surface area contributed by atoms with Crippen LogP contribution in [0.15, 0.2) is 72.8 Å². The lowest BCUT2D eigenvalue weighted by atomic mass is 10.0. The van der Waals surface area contributed by atoms with E-state index in [1.807, 2.05) is 54.6 Å². The summed E-state index contributed by atoms with van der Waals surface area (Å²) in [6, 6.07) is 22.1. The highest BCUT2D eigenvalue weighted by molar-refractivity contribution is 7.99. The van der Waals surface area contributed by atoms with Crippen molar-refractivity contribution in [2.75, 3.05) is 11.1 Å². The van der Waals surface area contributed by atoms with Crippen LogP contribution in [0.4, 0.5) is 10.1 Å². The normalized spacial score (nSPS) is 10.5. The van der Waals surface area contributed by atoms with Gasteiger partial charge in [-0.25, -0.2) is 4.39 Å². The summed E-state index contributed by atoms with van der Waals surface area (Å²) < 4.78 is 13.8. The number of amides is 1. The molecule has 0 saturated carbocycles. The molecule has 0 saturated heterocycles. The van der Waals surface area contributed by atoms with Crippen LogP contribution in [0, 0.1) is 5.82 Å². The molecule has 3 aromatic rings. The van der Waals surface area contributed by atoms with Crippen molar-refractivity contribution in [3.63, 3.8) is 0 Å². The molecule has 26 heavy (non-hydrogen) atoms. The van der Waals surface area contributed by atoms with E-state index in [0.717, 1.165) is 16.8 Å². The van der Waals surface area contributed by atoms with Gasteiger partial charge in [-0.2, -0.15) is 0 Å². The van der Waals surface area contributed by atoms with Crippen molar-refractivity contribution in [3.05, 3.63) is 89.2 Å². The quantitative estimate of drug-likeness (QED) is 0.562. The molecular weight excluding hydrogens is 369 g/mol. The second-order valence-electron chi connectivity index (χ2n) is 5.65. The molecule has 1 amide bonds. The third-order valence-corrected chi connectivity index (χ3v) is 5.14. The zero-order valence-corrected chi connectivity index (χ0v) is 15.5. The van der Waals surface area contributed by atoms with Gasteiger partial charge in [0, 0.05) is 27.6 Å². The number of hydrogen-bond acceptors (Lipinski definition) is 2. The van der Waals surface area contributed by atoms with E-state index >= 15 is 0 Å². The van der Waals surface area contributed by atoms with E-state index in [4.69, 9.17) is 11.6 Å². The maximum Gasteiger partial charge on any atom is 0.234 e. The van der Waals surface area contributed by atoms with Gasteiger partial charge in [-0.3, -0.25) is 4.79 Å². The number of anilines is 1. The van der Waals surface area contributed by atoms with Crippen molar-refractivity contribution in [1.29, 1.82) is 0 Å². The summed E-state index contributed by atoms with van der Waals surface area (Å²) in [6.45, 7) is 0. The molecule has 0 aliphatic carbocycles. The summed E-state index contributed by atoms with van der Waals surface area (Å²) in [7, 11) is 0. The zero-order valence-electron chi connectivity index (χ0n) is 13.9. The van der Waals surface area contributed by atoms with Gasteiger partial charge in [0.25, 0.3) is 0 Å². The Morgan fingerprint density at radius 2 is 1.69 bits per heavy atom. The van der Waals surface area contributed by atoms with Gasteiger partial charge >= 0.3 is 0 Å². The minimum atomic E-state index is -0.347. The number of nitrogens with one attached hydrogen (secondary N) is 1. The van der Waals surface area contributed by atoms with Gasteiger partial charge in [0.15, 0.2) is 0 Å². The molecule has 0 aliphatic rings. The Morgan fingerprint density at radius 1 is 0.962 bits per heavy atom. The molecule has 0 radical (unpaired) electrons. The second-order valence-corrected chi connectivity index (χ2v) is 7.05. The first-order chi connectivity index (χ1) is 12.6. The van der Waals surface area contributed by atoms with Crippen molar-refractivity contribution in [2.24, 2.45) is 0 Å². The standard InChI is InChI=1S/C21H17ClFNOS/c22-18-10-6-11-19(23)17(18)13-26-14-21(25)24-20-12-5-4-9-16(20)15-7-2-1-3-8-15/h1-12H,13-14H2,(H,24,25). The molecular formula is C21H17ClFNOS. The van der Waals surface area contributed by atoms with Crippen molar-refractivity contribution < 1.29 is 9.18 Å². The van der Waals surface area contributed by atoms with Crippen LogP contribution in [0.2, 0.25) is 5.02 Å². The summed E-state index contributed by atoms with van der Waals surface area (Å²) in [6.07, 6.45) is 0. The van der Waals surface area contributed by atoms with E-state index < -0.39 is 0 Å². The average Bonchev–Trinajstić information content (AvgIpc) is 2.65. The fraction of sp³-hybridized carbons (Fsp3) is 0.0952. The van der Waals surface area contributed by atoms with Crippen LogP contribution in [0.5, 0.6) is 0 Å². The molecule has 132 valence electrons. The minimum Gasteiger partial charge on any atom is -0.325 e. The highest BCUT2D eigenvalue weighted by atomic mass is 35.5. The van der Waals surface area contributed by atoms with Crippen LogP contribution in [0.3, 0.4) is 0 Å². The van der Waals surface area contributed by atoms with Gasteiger partial charge in [0.05, 0.1) is 5.75 Å². The Kier molecular flexibility index (Phi) is 6.31. The lowest BCUT2D eigenvalue weighted by molar-refractivity contribution is -0.113. The van der Waals surface area contributed by atoms with Crippen LogP contribution < -0.4 is 5.32 Å². The maximum atomic E-state index is 13.8. The van der Waals surface area contributed by atoms with Crippen molar-refractivity contribution in [2.45, 2.75) is 5.75 Å². The summed E-state index contributed by atoms with van der Waals surface area (Å²) in [5.74, 6) is 0.0817. The van der Waals surface area contributed by atoms with Gasteiger partial charge in [0.1, 0.15) is 5.82 Å². The smallest absolute Gasteiger partial charge is 0.234 e. The molecule has 0 aliphatic heterocycles. The number of halogens is 2. The first-order valence-corrected chi connectivity index (χ1v) is 9.63. The summed E-state index contributed by atoms with van der Waals surface area (Å²) >= 11 is 7.34. The maximum absolute atomic E-state index is 13.8. The number of para-hydroxylation sites is 1. The molecule has 0 spiro atoms. The van der Waals surface area contributed by atoms with Crippen LogP contribution in [0.25, 0.3) is 11.1 Å². The molecule has 0 atom stereocenters.